The summed E-state index contributed by atoms with van der Waals surface area (Å²) in [6.45, 7) is 0.482. The van der Waals surface area contributed by atoms with Crippen molar-refractivity contribution >= 4 is 0 Å². The molecule has 0 saturated heterocycles. The molecule has 2 unspecified atom stereocenters. The molecule has 35 heavy (non-hydrogen) atoms. The van der Waals surface area contributed by atoms with Crippen LogP contribution in [0.2, 0.25) is 0 Å². The molecule has 1 heterocycles. The van der Waals surface area contributed by atoms with Crippen molar-refractivity contribution in [3.05, 3.63) is 77.9 Å². The minimum Gasteiger partial charge on any atom is -0.484 e. The van der Waals surface area contributed by atoms with Crippen LogP contribution < -0.4 is 4.74 Å². The maximum Gasteiger partial charge on any atom is 0.422 e. The molecule has 10 heteroatoms. The lowest BCUT2D eigenvalue weighted by atomic mass is 9.29. The summed E-state index contributed by atoms with van der Waals surface area (Å²) >= 11 is 0. The van der Waals surface area contributed by atoms with E-state index in [9.17, 15) is 27.1 Å². The molecule has 2 bridgehead atoms. The van der Waals surface area contributed by atoms with E-state index < -0.39 is 35.9 Å². The first-order valence-corrected chi connectivity index (χ1v) is 11.3. The van der Waals surface area contributed by atoms with Crippen LogP contribution in [-0.4, -0.2) is 32.7 Å². The highest BCUT2D eigenvalue weighted by atomic mass is 19.4. The summed E-state index contributed by atoms with van der Waals surface area (Å²) in [6, 6.07) is 9.79. The zero-order valence-electron chi connectivity index (χ0n) is 18.9. The van der Waals surface area contributed by atoms with Gasteiger partial charge < -0.3 is 9.84 Å². The van der Waals surface area contributed by atoms with Crippen molar-refractivity contribution in [2.75, 3.05) is 6.61 Å². The fourth-order valence-electron chi connectivity index (χ4n) is 6.07. The van der Waals surface area contributed by atoms with Gasteiger partial charge in [-0.1, -0.05) is 25.1 Å². The number of aromatic nitrogens is 3. The predicted octanol–water partition coefficient (Wildman–Crippen LogP) is 5.14. The van der Waals surface area contributed by atoms with Gasteiger partial charge in [0.1, 0.15) is 35.6 Å². The molecule has 2 atom stereocenters. The monoisotopic (exact) mass is 493 g/mol. The topological polar surface area (TPSA) is 60.2 Å². The van der Waals surface area contributed by atoms with Crippen LogP contribution in [0.1, 0.15) is 37.3 Å². The van der Waals surface area contributed by atoms with E-state index in [-0.39, 0.29) is 28.7 Å². The number of hydrogen-bond acceptors (Lipinski definition) is 4. The molecule has 3 fully saturated rings. The number of ether oxygens (including phenoxy) is 1. The summed E-state index contributed by atoms with van der Waals surface area (Å²) < 4.78 is 71.8. The molecule has 1 aromatic heterocycles. The van der Waals surface area contributed by atoms with Crippen LogP contribution in [0, 0.1) is 23.0 Å². The Kier molecular flexibility index (Phi) is 5.43. The molecule has 186 valence electrons. The second-order valence-electron chi connectivity index (χ2n) is 9.96. The molecular formula is C25H24F5N3O2. The molecule has 0 radical (unpaired) electrons. The van der Waals surface area contributed by atoms with E-state index in [0.717, 1.165) is 37.0 Å². The van der Waals surface area contributed by atoms with Crippen LogP contribution in [0.4, 0.5) is 22.0 Å². The molecule has 2 aromatic carbocycles. The van der Waals surface area contributed by atoms with Gasteiger partial charge in [-0.15, -0.1) is 0 Å². The molecule has 3 aliphatic rings. The van der Waals surface area contributed by atoms with Gasteiger partial charge in [0.25, 0.3) is 0 Å². The Morgan fingerprint density at radius 1 is 1.09 bits per heavy atom. The molecular weight excluding hydrogens is 469 g/mol. The van der Waals surface area contributed by atoms with Crippen molar-refractivity contribution in [1.82, 2.24) is 14.8 Å². The third-order valence-electron chi connectivity index (χ3n) is 7.84. The van der Waals surface area contributed by atoms with Crippen molar-refractivity contribution in [1.29, 1.82) is 0 Å². The lowest BCUT2D eigenvalue weighted by Crippen LogP contribution is -2.70. The van der Waals surface area contributed by atoms with E-state index in [1.54, 1.807) is 12.1 Å². The minimum atomic E-state index is -4.40. The van der Waals surface area contributed by atoms with Crippen molar-refractivity contribution < 1.29 is 31.8 Å². The zero-order valence-corrected chi connectivity index (χ0v) is 18.9. The van der Waals surface area contributed by atoms with Crippen LogP contribution in [0.3, 0.4) is 0 Å². The second kappa shape index (κ2) is 8.01. The highest BCUT2D eigenvalue weighted by molar-refractivity contribution is 5.42. The highest BCUT2D eigenvalue weighted by Gasteiger charge is 2.72. The number of benzene rings is 2. The smallest absolute Gasteiger partial charge is 0.422 e. The summed E-state index contributed by atoms with van der Waals surface area (Å²) in [7, 11) is 0. The third kappa shape index (κ3) is 4.07. The quantitative estimate of drug-likeness (QED) is 0.442. The lowest BCUT2D eigenvalue weighted by Gasteiger charge is -2.75. The third-order valence-corrected chi connectivity index (χ3v) is 7.84. The molecule has 1 N–H and O–H groups in total. The van der Waals surface area contributed by atoms with Crippen LogP contribution >= 0.6 is 0 Å². The van der Waals surface area contributed by atoms with Crippen LogP contribution in [0.5, 0.6) is 5.75 Å². The van der Waals surface area contributed by atoms with Gasteiger partial charge in [0.2, 0.25) is 0 Å². The number of aliphatic hydroxyl groups is 1. The number of hydrogen-bond donors (Lipinski definition) is 1. The van der Waals surface area contributed by atoms with E-state index in [1.807, 2.05) is 6.92 Å². The Balaban J connectivity index is 1.35. The number of halogens is 5. The predicted molar refractivity (Wildman–Crippen MR) is 115 cm³/mol. The van der Waals surface area contributed by atoms with Crippen molar-refractivity contribution in [2.24, 2.45) is 11.3 Å². The average Bonchev–Trinajstić information content (AvgIpc) is 3.23. The van der Waals surface area contributed by atoms with Gasteiger partial charge in [0.15, 0.2) is 6.61 Å². The first-order valence-electron chi connectivity index (χ1n) is 11.3. The first kappa shape index (κ1) is 23.7. The Morgan fingerprint density at radius 2 is 1.77 bits per heavy atom. The molecule has 6 rings (SSSR count). The molecule has 3 saturated carbocycles. The van der Waals surface area contributed by atoms with Gasteiger partial charge in [-0.25, -0.2) is 18.4 Å². The lowest BCUT2D eigenvalue weighted by molar-refractivity contribution is -0.231. The van der Waals surface area contributed by atoms with Crippen molar-refractivity contribution in [3.8, 4) is 5.75 Å². The molecule has 0 amide bonds. The van der Waals surface area contributed by atoms with Gasteiger partial charge in [0.05, 0.1) is 6.54 Å². The van der Waals surface area contributed by atoms with Crippen molar-refractivity contribution in [2.45, 2.75) is 49.9 Å². The van der Waals surface area contributed by atoms with Gasteiger partial charge >= 0.3 is 6.18 Å². The maximum atomic E-state index is 14.8. The van der Waals surface area contributed by atoms with Gasteiger partial charge in [0, 0.05) is 11.6 Å². The Morgan fingerprint density at radius 3 is 2.34 bits per heavy atom. The van der Waals surface area contributed by atoms with E-state index in [1.165, 1.54) is 35.5 Å². The molecule has 3 aromatic rings. The molecule has 0 aliphatic heterocycles. The number of rotatable bonds is 8. The molecule has 3 aliphatic carbocycles. The standard InChI is InChI=1S/C25H24F5N3O2/c1-16(24(34,12-33-15-31-14-32-33)20-7-4-18(26)8-21(20)27)22-9-23(10-22,11-22)17-2-5-19(6-3-17)35-13-25(28,29)30/h2-8,14-16,34H,9-13H2,1H3. The number of alkyl halides is 3. The van der Waals surface area contributed by atoms with Crippen LogP contribution in [0.25, 0.3) is 0 Å². The average molecular weight is 493 g/mol. The summed E-state index contributed by atoms with van der Waals surface area (Å²) in [5, 5.41) is 15.9. The van der Waals surface area contributed by atoms with Gasteiger partial charge in [-0.3, -0.25) is 0 Å². The minimum absolute atomic E-state index is 0.00633. The van der Waals surface area contributed by atoms with E-state index in [0.29, 0.717) is 0 Å². The van der Waals surface area contributed by atoms with Gasteiger partial charge in [-0.05, 0) is 59.8 Å². The van der Waals surface area contributed by atoms with E-state index in [4.69, 9.17) is 4.74 Å². The normalized spacial score (nSPS) is 25.8. The highest BCUT2D eigenvalue weighted by Crippen LogP contribution is 2.78. The Hall–Kier alpha value is -3.01. The number of nitrogens with zero attached hydrogens (tertiary/aromatic N) is 3. The van der Waals surface area contributed by atoms with Crippen LogP contribution in [-0.2, 0) is 17.6 Å². The fourth-order valence-corrected chi connectivity index (χ4v) is 6.07. The summed E-state index contributed by atoms with van der Waals surface area (Å²) in [6.07, 6.45) is 0.586. The SMILES string of the molecule is CC(C12CC(c3ccc(OCC(F)(F)F)cc3)(C1)C2)C(O)(Cn1cncn1)c1ccc(F)cc1F. The fraction of sp³-hybridized carbons (Fsp3) is 0.440. The molecule has 0 spiro atoms. The summed E-state index contributed by atoms with van der Waals surface area (Å²) in [5.41, 5.74) is -1.05. The summed E-state index contributed by atoms with van der Waals surface area (Å²) in [5.74, 6) is -1.80. The summed E-state index contributed by atoms with van der Waals surface area (Å²) in [4.78, 5) is 3.90. The Labute approximate surface area is 198 Å². The van der Waals surface area contributed by atoms with Crippen LogP contribution in [0.15, 0.2) is 55.1 Å². The second-order valence-corrected chi connectivity index (χ2v) is 9.96. The largest absolute Gasteiger partial charge is 0.484 e. The van der Waals surface area contributed by atoms with Gasteiger partial charge in [-0.2, -0.15) is 18.3 Å². The Bertz CT molecular complexity index is 1190. The maximum absolute atomic E-state index is 14.8. The zero-order chi connectivity index (χ0) is 25.1. The van der Waals surface area contributed by atoms with E-state index >= 15 is 0 Å². The van der Waals surface area contributed by atoms with E-state index in [2.05, 4.69) is 10.1 Å². The van der Waals surface area contributed by atoms with Crippen molar-refractivity contribution in [3.63, 3.8) is 0 Å². The first-order chi connectivity index (χ1) is 16.4. The molecule has 5 nitrogen and oxygen atoms in total.